The SMILES string of the molecule is COc1cc(C(F)(F)F)cc(SC)c1C(=O)C1NC1[C@H]1C[C@]12COCCC2[NH+]1CCC(O)C1. The molecule has 4 aliphatic rings. The first-order valence-electron chi connectivity index (χ1n) is 11.4. The van der Waals surface area contributed by atoms with E-state index >= 15 is 0 Å². The maximum absolute atomic E-state index is 13.4. The fraction of sp³-hybridized carbons (Fsp3) is 0.696. The first kappa shape index (κ1) is 23.4. The summed E-state index contributed by atoms with van der Waals surface area (Å²) in [7, 11) is 1.29. The van der Waals surface area contributed by atoms with E-state index in [-0.39, 0.29) is 39.6 Å². The van der Waals surface area contributed by atoms with Crippen molar-refractivity contribution < 1.29 is 37.4 Å². The second kappa shape index (κ2) is 8.41. The number of likely N-dealkylation sites (tertiary alicyclic amines) is 1. The lowest BCUT2D eigenvalue weighted by Gasteiger charge is -2.36. The molecule has 5 unspecified atom stereocenters. The molecule has 6 nitrogen and oxygen atoms in total. The molecule has 3 N–H and O–H groups in total. The van der Waals surface area contributed by atoms with Crippen LogP contribution in [0.25, 0.3) is 0 Å². The number of aliphatic hydroxyl groups excluding tert-OH is 1. The molecule has 0 amide bonds. The molecule has 0 bridgehead atoms. The molecule has 1 spiro atoms. The highest BCUT2D eigenvalue weighted by atomic mass is 32.2. The van der Waals surface area contributed by atoms with E-state index in [1.54, 1.807) is 6.26 Å². The number of Topliss-reactive ketones (excluding diaryl/α,β-unsaturated/α-hetero) is 1. The summed E-state index contributed by atoms with van der Waals surface area (Å²) in [5.74, 6) is 0.0425. The van der Waals surface area contributed by atoms with Crippen LogP contribution in [0.5, 0.6) is 5.75 Å². The summed E-state index contributed by atoms with van der Waals surface area (Å²) < 4.78 is 51.0. The van der Waals surface area contributed by atoms with E-state index in [0.29, 0.717) is 18.6 Å². The van der Waals surface area contributed by atoms with Crippen molar-refractivity contribution in [2.45, 2.75) is 54.6 Å². The summed E-state index contributed by atoms with van der Waals surface area (Å²) >= 11 is 1.12. The van der Waals surface area contributed by atoms with Crippen molar-refractivity contribution in [3.05, 3.63) is 23.3 Å². The first-order valence-corrected chi connectivity index (χ1v) is 12.7. The number of ether oxygens (including phenoxy) is 2. The van der Waals surface area contributed by atoms with Crippen LogP contribution < -0.4 is 15.0 Å². The number of thioether (sulfide) groups is 1. The maximum Gasteiger partial charge on any atom is 0.416 e. The predicted octanol–water partition coefficient (Wildman–Crippen LogP) is 1.40. The molecule has 3 aliphatic heterocycles. The molecular weight excluding hydrogens is 457 g/mol. The van der Waals surface area contributed by atoms with Crippen LogP contribution in [-0.4, -0.2) is 74.8 Å². The second-order valence-corrected chi connectivity index (χ2v) is 10.6. The minimum atomic E-state index is -4.51. The predicted molar refractivity (Wildman–Crippen MR) is 116 cm³/mol. The summed E-state index contributed by atoms with van der Waals surface area (Å²) in [6.07, 6.45) is -0.354. The Morgan fingerprint density at radius 2 is 2.15 bits per heavy atom. The molecule has 10 heteroatoms. The molecule has 7 atom stereocenters. The van der Waals surface area contributed by atoms with Gasteiger partial charge in [0, 0.05) is 23.8 Å². The van der Waals surface area contributed by atoms with Gasteiger partial charge in [0.2, 0.25) is 0 Å². The van der Waals surface area contributed by atoms with Gasteiger partial charge in [-0.05, 0) is 30.7 Å². The van der Waals surface area contributed by atoms with Crippen molar-refractivity contribution in [1.82, 2.24) is 5.32 Å². The highest BCUT2D eigenvalue weighted by molar-refractivity contribution is 7.98. The van der Waals surface area contributed by atoms with Crippen LogP contribution in [0.3, 0.4) is 0 Å². The Morgan fingerprint density at radius 1 is 1.36 bits per heavy atom. The van der Waals surface area contributed by atoms with Gasteiger partial charge in [-0.25, -0.2) is 0 Å². The molecule has 1 aromatic rings. The van der Waals surface area contributed by atoms with Gasteiger partial charge in [0.15, 0.2) is 5.78 Å². The number of aliphatic hydroxyl groups is 1. The molecule has 4 fully saturated rings. The second-order valence-electron chi connectivity index (χ2n) is 9.78. The number of carbonyl (C=O) groups is 1. The lowest BCUT2D eigenvalue weighted by atomic mass is 9.87. The number of methoxy groups -OCH3 is 1. The zero-order chi connectivity index (χ0) is 23.5. The number of halogens is 3. The Hall–Kier alpha value is -1.33. The summed E-state index contributed by atoms with van der Waals surface area (Å²) in [6, 6.07) is 1.93. The standard InChI is InChI=1S/C23H29F3N2O4S/c1-31-15-7-12(23(24,25)26)8-16(33-2)18(15)21(30)20-19(27-20)14-9-22(14)11-32-6-4-17(22)28-5-3-13(29)10-28/h7-8,13-14,17,19-20,27,29H,3-6,9-11H2,1-2H3/p+1/t13?,14-,17?,19?,20?,22+/m1/s1. The Kier molecular flexibility index (Phi) is 5.96. The van der Waals surface area contributed by atoms with Crippen molar-refractivity contribution in [1.29, 1.82) is 0 Å². The van der Waals surface area contributed by atoms with Crippen LogP contribution in [-0.2, 0) is 10.9 Å². The van der Waals surface area contributed by atoms with Crippen molar-refractivity contribution in [2.24, 2.45) is 11.3 Å². The molecule has 0 radical (unpaired) electrons. The monoisotopic (exact) mass is 487 g/mol. The van der Waals surface area contributed by atoms with Gasteiger partial charge in [-0.15, -0.1) is 11.8 Å². The molecule has 1 saturated carbocycles. The van der Waals surface area contributed by atoms with E-state index in [4.69, 9.17) is 9.47 Å². The van der Waals surface area contributed by atoms with Gasteiger partial charge in [-0.1, -0.05) is 0 Å². The third-order valence-corrected chi connectivity index (χ3v) is 8.76. The number of nitrogens with one attached hydrogen (secondary N) is 2. The lowest BCUT2D eigenvalue weighted by molar-refractivity contribution is -0.922. The smallest absolute Gasteiger partial charge is 0.416 e. The van der Waals surface area contributed by atoms with Crippen LogP contribution in [0.4, 0.5) is 13.2 Å². The van der Waals surface area contributed by atoms with Crippen LogP contribution in [0.15, 0.2) is 17.0 Å². The van der Waals surface area contributed by atoms with E-state index in [1.807, 2.05) is 0 Å². The van der Waals surface area contributed by atoms with Crippen molar-refractivity contribution in [3.8, 4) is 5.75 Å². The molecular formula is C23H30F3N2O4S+. The minimum Gasteiger partial charge on any atom is -0.496 e. The molecule has 3 heterocycles. The van der Waals surface area contributed by atoms with Gasteiger partial charge in [0.25, 0.3) is 0 Å². The summed E-state index contributed by atoms with van der Waals surface area (Å²) in [4.78, 5) is 15.1. The number of quaternary nitrogens is 1. The largest absolute Gasteiger partial charge is 0.496 e. The molecule has 33 heavy (non-hydrogen) atoms. The lowest BCUT2D eigenvalue weighted by Crippen LogP contribution is -3.16. The molecule has 5 rings (SSSR count). The third-order valence-electron chi connectivity index (χ3n) is 8.00. The van der Waals surface area contributed by atoms with Gasteiger partial charge in [0.1, 0.15) is 18.4 Å². The molecule has 3 saturated heterocycles. The fourth-order valence-corrected chi connectivity index (χ4v) is 6.90. The van der Waals surface area contributed by atoms with E-state index in [0.717, 1.165) is 62.9 Å². The van der Waals surface area contributed by atoms with Gasteiger partial charge in [-0.2, -0.15) is 13.2 Å². The van der Waals surface area contributed by atoms with Crippen molar-refractivity contribution in [3.63, 3.8) is 0 Å². The molecule has 182 valence electrons. The van der Waals surface area contributed by atoms with Gasteiger partial charge in [0.05, 0.1) is 55.5 Å². The summed E-state index contributed by atoms with van der Waals surface area (Å²) in [5.41, 5.74) is -0.589. The average molecular weight is 488 g/mol. The Labute approximate surface area is 195 Å². The van der Waals surface area contributed by atoms with E-state index < -0.39 is 17.8 Å². The van der Waals surface area contributed by atoms with Gasteiger partial charge < -0.3 is 24.8 Å². The van der Waals surface area contributed by atoms with E-state index in [1.165, 1.54) is 12.0 Å². The normalized spacial score (nSPS) is 37.9. The van der Waals surface area contributed by atoms with Crippen LogP contribution >= 0.6 is 11.8 Å². The number of ketones is 1. The average Bonchev–Trinajstić information content (AvgIpc) is 3.68. The summed E-state index contributed by atoms with van der Waals surface area (Å²) in [5, 5.41) is 13.3. The first-order chi connectivity index (χ1) is 15.7. The highest BCUT2D eigenvalue weighted by Crippen LogP contribution is 2.61. The van der Waals surface area contributed by atoms with Gasteiger partial charge >= 0.3 is 6.18 Å². The van der Waals surface area contributed by atoms with Crippen molar-refractivity contribution in [2.75, 3.05) is 39.7 Å². The molecule has 0 aromatic heterocycles. The number of benzene rings is 1. The highest BCUT2D eigenvalue weighted by Gasteiger charge is 2.71. The summed E-state index contributed by atoms with van der Waals surface area (Å²) in [6.45, 7) is 3.11. The molecule has 1 aromatic carbocycles. The Balaban J connectivity index is 1.35. The fourth-order valence-electron chi connectivity index (χ4n) is 6.25. The third kappa shape index (κ3) is 4.07. The Morgan fingerprint density at radius 3 is 2.79 bits per heavy atom. The number of rotatable bonds is 6. The van der Waals surface area contributed by atoms with Crippen LogP contribution in [0.1, 0.15) is 35.2 Å². The Bertz CT molecular complexity index is 920. The zero-order valence-corrected chi connectivity index (χ0v) is 19.5. The van der Waals surface area contributed by atoms with Crippen LogP contribution in [0, 0.1) is 11.3 Å². The number of carbonyl (C=O) groups excluding carboxylic acids is 1. The zero-order valence-electron chi connectivity index (χ0n) is 18.7. The van der Waals surface area contributed by atoms with E-state index in [2.05, 4.69) is 5.32 Å². The number of alkyl halides is 3. The molecule has 1 aliphatic carbocycles. The minimum absolute atomic E-state index is 0.00432. The number of hydrogen-bond acceptors (Lipinski definition) is 6. The maximum atomic E-state index is 13.4. The van der Waals surface area contributed by atoms with E-state index in [9.17, 15) is 23.1 Å². The van der Waals surface area contributed by atoms with Gasteiger partial charge in [-0.3, -0.25) is 4.79 Å². The van der Waals surface area contributed by atoms with Crippen LogP contribution in [0.2, 0.25) is 0 Å². The van der Waals surface area contributed by atoms with Crippen molar-refractivity contribution >= 4 is 17.5 Å². The number of hydrogen-bond donors (Lipinski definition) is 3. The topological polar surface area (TPSA) is 82.1 Å². The quantitative estimate of drug-likeness (QED) is 0.320.